The minimum absolute atomic E-state index is 0. The molecule has 2 aromatic carbocycles. The molecule has 1 aliphatic carbocycles. The van der Waals surface area contributed by atoms with E-state index in [0.717, 1.165) is 40.5 Å². The predicted octanol–water partition coefficient (Wildman–Crippen LogP) is 8.80. The van der Waals surface area contributed by atoms with Crippen molar-refractivity contribution in [3.8, 4) is 0 Å². The summed E-state index contributed by atoms with van der Waals surface area (Å²) in [6, 6.07) is 18.4. The molecule has 0 bridgehead atoms. The maximum absolute atomic E-state index is 6.85. The summed E-state index contributed by atoms with van der Waals surface area (Å²) < 4.78 is 0. The van der Waals surface area contributed by atoms with Gasteiger partial charge in [-0.3, -0.25) is 0 Å². The second kappa shape index (κ2) is 17.3. The molecule has 4 unspecified atom stereocenters. The van der Waals surface area contributed by atoms with E-state index in [1.807, 2.05) is 62.4 Å². The molecule has 31 heavy (non-hydrogen) atoms. The first-order valence-electron chi connectivity index (χ1n) is 10.7. The third kappa shape index (κ3) is 12.4. The molecule has 2 aromatic rings. The van der Waals surface area contributed by atoms with Crippen molar-refractivity contribution in [2.75, 3.05) is 20.0 Å². The van der Waals surface area contributed by atoms with Crippen LogP contribution >= 0.6 is 7.92 Å². The van der Waals surface area contributed by atoms with Gasteiger partial charge >= 0.3 is 0 Å². The van der Waals surface area contributed by atoms with Crippen molar-refractivity contribution in [1.82, 2.24) is 0 Å². The van der Waals surface area contributed by atoms with E-state index >= 15 is 0 Å². The molecular formula is C28H41IrNP-. The standard InChI is InChI=1S/C10H18.C9H9N.C6H5.C3H9P.Ir/c1-6-7(2)9(4)10(5)8(6)3;1-7-5-4-6-8(2)9(7)10-3;1-2-4-6-5-3-1;1-4(2)3;/h7-10H,1H2,2-5H3;4-6H,1-2H3;1-5H;1-3H3;/q;;-1;;. The van der Waals surface area contributed by atoms with Gasteiger partial charge in [0.2, 0.25) is 0 Å². The molecule has 0 amide bonds. The Bertz CT molecular complexity index is 714. The van der Waals surface area contributed by atoms with Crippen LogP contribution in [0.15, 0.2) is 60.7 Å². The SMILES string of the molecule is C=C1C(C)C(C)C(C)C1C.CP(C)C.[C-]#[N+]c1c(C)cccc1C.[Ir].[c-]1ccccc1. The quantitative estimate of drug-likeness (QED) is 0.159. The normalized spacial score (nSPS) is 21.1. The largest absolute Gasteiger partial charge is 0.238 e. The van der Waals surface area contributed by atoms with Crippen LogP contribution in [0.4, 0.5) is 5.69 Å². The molecule has 173 valence electrons. The van der Waals surface area contributed by atoms with Crippen LogP contribution in [0.5, 0.6) is 0 Å². The van der Waals surface area contributed by atoms with Crippen molar-refractivity contribution in [2.24, 2.45) is 23.7 Å². The molecule has 1 fully saturated rings. The zero-order valence-corrected chi connectivity index (χ0v) is 24.2. The van der Waals surface area contributed by atoms with Crippen molar-refractivity contribution in [3.63, 3.8) is 0 Å². The third-order valence-electron chi connectivity index (χ3n) is 5.73. The Morgan fingerprint density at radius 1 is 0.839 bits per heavy atom. The van der Waals surface area contributed by atoms with E-state index in [1.54, 1.807) is 0 Å². The number of para-hydroxylation sites is 1. The Morgan fingerprint density at radius 3 is 1.39 bits per heavy atom. The summed E-state index contributed by atoms with van der Waals surface area (Å²) in [6.45, 7) is 30.9. The molecule has 4 atom stereocenters. The molecule has 0 saturated heterocycles. The first-order chi connectivity index (χ1) is 14.0. The summed E-state index contributed by atoms with van der Waals surface area (Å²) in [7, 11) is 0.380. The Hall–Kier alpha value is -1.25. The van der Waals surface area contributed by atoms with E-state index in [4.69, 9.17) is 6.57 Å². The van der Waals surface area contributed by atoms with Gasteiger partial charge in [-0.1, -0.05) is 58.0 Å². The molecule has 0 spiro atoms. The number of aryl methyl sites for hydroxylation is 2. The van der Waals surface area contributed by atoms with Crippen molar-refractivity contribution in [1.29, 1.82) is 0 Å². The Morgan fingerprint density at radius 2 is 1.23 bits per heavy atom. The minimum atomic E-state index is 0. The average Bonchev–Trinajstić information content (AvgIpc) is 2.88. The van der Waals surface area contributed by atoms with Gasteiger partial charge in [0.05, 0.1) is 6.57 Å². The fraction of sp³-hybridized carbons (Fsp3) is 0.464. The molecule has 1 radical (unpaired) electrons. The molecule has 0 aliphatic heterocycles. The van der Waals surface area contributed by atoms with Gasteiger partial charge in [0, 0.05) is 20.1 Å². The average molecular weight is 615 g/mol. The Kier molecular flexibility index (Phi) is 17.8. The van der Waals surface area contributed by atoms with Crippen LogP contribution in [-0.2, 0) is 20.1 Å². The molecule has 1 aliphatic rings. The maximum atomic E-state index is 6.85. The van der Waals surface area contributed by atoms with Gasteiger partial charge in [0.15, 0.2) is 5.69 Å². The number of rotatable bonds is 0. The van der Waals surface area contributed by atoms with Crippen molar-refractivity contribution in [3.05, 3.63) is 89.3 Å². The molecule has 3 heteroatoms. The van der Waals surface area contributed by atoms with Crippen LogP contribution in [-0.4, -0.2) is 20.0 Å². The summed E-state index contributed by atoms with van der Waals surface area (Å²) in [5.41, 5.74) is 4.38. The number of hydrogen-bond acceptors (Lipinski definition) is 0. The van der Waals surface area contributed by atoms with Crippen LogP contribution in [0.3, 0.4) is 0 Å². The smallest absolute Gasteiger partial charge is 0.193 e. The first kappa shape index (κ1) is 31.9. The summed E-state index contributed by atoms with van der Waals surface area (Å²) in [4.78, 5) is 3.42. The fourth-order valence-corrected chi connectivity index (χ4v) is 3.32. The van der Waals surface area contributed by atoms with Gasteiger partial charge in [-0.15, -0.1) is 7.92 Å². The summed E-state index contributed by atoms with van der Waals surface area (Å²) in [6.07, 6.45) is 0. The minimum Gasteiger partial charge on any atom is -0.238 e. The van der Waals surface area contributed by atoms with Crippen molar-refractivity contribution >= 4 is 13.6 Å². The van der Waals surface area contributed by atoms with E-state index in [0.29, 0.717) is 7.92 Å². The van der Waals surface area contributed by atoms with Gasteiger partial charge in [-0.05, 0) is 68.6 Å². The second-order valence-corrected chi connectivity index (χ2v) is 11.3. The van der Waals surface area contributed by atoms with Crippen molar-refractivity contribution in [2.45, 2.75) is 41.5 Å². The van der Waals surface area contributed by atoms with Gasteiger partial charge in [-0.25, -0.2) is 4.85 Å². The summed E-state index contributed by atoms with van der Waals surface area (Å²) in [5, 5.41) is 0. The van der Waals surface area contributed by atoms with E-state index in [9.17, 15) is 0 Å². The molecule has 0 heterocycles. The number of hydrogen-bond donors (Lipinski definition) is 0. The third-order valence-corrected chi connectivity index (χ3v) is 5.73. The predicted molar refractivity (Wildman–Crippen MR) is 138 cm³/mol. The zero-order valence-electron chi connectivity index (χ0n) is 20.9. The van der Waals surface area contributed by atoms with Gasteiger partial charge in [-0.2, -0.15) is 36.4 Å². The monoisotopic (exact) mass is 615 g/mol. The molecule has 3 rings (SSSR count). The number of nitrogens with zero attached hydrogens (tertiary/aromatic N) is 1. The Labute approximate surface area is 207 Å². The van der Waals surface area contributed by atoms with Crippen LogP contribution in [0, 0.1) is 50.2 Å². The first-order valence-corrected chi connectivity index (χ1v) is 13.4. The zero-order chi connectivity index (χ0) is 23.3. The van der Waals surface area contributed by atoms with Crippen LogP contribution in [0.25, 0.3) is 4.85 Å². The number of benzene rings is 2. The van der Waals surface area contributed by atoms with Gasteiger partial charge in [0.1, 0.15) is 0 Å². The molecule has 0 N–H and O–H groups in total. The fourth-order valence-electron chi connectivity index (χ4n) is 3.32. The van der Waals surface area contributed by atoms with Crippen molar-refractivity contribution < 1.29 is 20.1 Å². The summed E-state index contributed by atoms with van der Waals surface area (Å²) in [5.74, 6) is 3.15. The van der Waals surface area contributed by atoms with Crippen LogP contribution in [0.2, 0.25) is 0 Å². The van der Waals surface area contributed by atoms with E-state index in [-0.39, 0.29) is 20.1 Å². The van der Waals surface area contributed by atoms with E-state index in [2.05, 4.69) is 65.2 Å². The molecule has 1 nitrogen and oxygen atoms in total. The maximum Gasteiger partial charge on any atom is 0.193 e. The number of allylic oxidation sites excluding steroid dienone is 1. The molecule has 1 saturated carbocycles. The molecule has 0 aromatic heterocycles. The summed E-state index contributed by atoms with van der Waals surface area (Å²) >= 11 is 0. The van der Waals surface area contributed by atoms with E-state index in [1.165, 1.54) is 5.57 Å². The second-order valence-electron chi connectivity index (χ2n) is 8.64. The topological polar surface area (TPSA) is 4.36 Å². The Balaban J connectivity index is 0. The van der Waals surface area contributed by atoms with Gasteiger partial charge < -0.3 is 0 Å². The van der Waals surface area contributed by atoms with Crippen LogP contribution < -0.4 is 0 Å². The van der Waals surface area contributed by atoms with Crippen LogP contribution in [0.1, 0.15) is 38.8 Å². The molecular weight excluding hydrogens is 574 g/mol. The van der Waals surface area contributed by atoms with Gasteiger partial charge in [0.25, 0.3) is 0 Å². The van der Waals surface area contributed by atoms with E-state index < -0.39 is 0 Å².